The van der Waals surface area contributed by atoms with Crippen molar-refractivity contribution in [3.8, 4) is 0 Å². The van der Waals surface area contributed by atoms with Crippen LogP contribution in [-0.4, -0.2) is 30.4 Å². The first kappa shape index (κ1) is 16.7. The van der Waals surface area contributed by atoms with Crippen LogP contribution in [0.2, 0.25) is 0 Å². The Balaban J connectivity index is 0.00000180. The van der Waals surface area contributed by atoms with Crippen molar-refractivity contribution in [2.75, 3.05) is 19.6 Å². The zero-order valence-electron chi connectivity index (χ0n) is 10.8. The Labute approximate surface area is 134 Å². The van der Waals surface area contributed by atoms with Crippen LogP contribution in [0.5, 0.6) is 0 Å². The van der Waals surface area contributed by atoms with Gasteiger partial charge in [0.25, 0.3) is 5.91 Å². The molecule has 1 atom stereocenters. The highest BCUT2D eigenvalue weighted by Crippen LogP contribution is 2.21. The van der Waals surface area contributed by atoms with Gasteiger partial charge < -0.3 is 10.6 Å². The molecule has 0 bridgehead atoms. The SMILES string of the molecule is Cl.NCCC1CCCN(C(=O)c2cccc(I)c2)C1. The number of carbonyl (C=O) groups excluding carboxylic acids is 1. The van der Waals surface area contributed by atoms with Crippen LogP contribution in [0.4, 0.5) is 0 Å². The summed E-state index contributed by atoms with van der Waals surface area (Å²) in [5.41, 5.74) is 6.41. The molecule has 0 aromatic heterocycles. The third kappa shape index (κ3) is 4.61. The normalized spacial score (nSPS) is 18.8. The van der Waals surface area contributed by atoms with Gasteiger partial charge in [-0.05, 0) is 72.5 Å². The highest BCUT2D eigenvalue weighted by Gasteiger charge is 2.23. The second kappa shape index (κ2) is 8.07. The van der Waals surface area contributed by atoms with Crippen LogP contribution < -0.4 is 5.73 Å². The number of piperidine rings is 1. The van der Waals surface area contributed by atoms with Gasteiger partial charge in [-0.25, -0.2) is 0 Å². The minimum Gasteiger partial charge on any atom is -0.338 e. The summed E-state index contributed by atoms with van der Waals surface area (Å²) >= 11 is 2.24. The molecule has 1 aliphatic rings. The van der Waals surface area contributed by atoms with Crippen LogP contribution >= 0.6 is 35.0 Å². The zero-order valence-corrected chi connectivity index (χ0v) is 13.8. The molecule has 1 amide bonds. The molecule has 0 aliphatic carbocycles. The number of carbonyl (C=O) groups is 1. The number of amides is 1. The van der Waals surface area contributed by atoms with E-state index in [1.165, 1.54) is 6.42 Å². The molecule has 1 unspecified atom stereocenters. The van der Waals surface area contributed by atoms with E-state index in [-0.39, 0.29) is 18.3 Å². The van der Waals surface area contributed by atoms with E-state index in [0.717, 1.165) is 41.6 Å². The van der Waals surface area contributed by atoms with Crippen molar-refractivity contribution in [3.05, 3.63) is 33.4 Å². The van der Waals surface area contributed by atoms with Crippen LogP contribution in [0, 0.1) is 9.49 Å². The summed E-state index contributed by atoms with van der Waals surface area (Å²) in [6.07, 6.45) is 3.32. The summed E-state index contributed by atoms with van der Waals surface area (Å²) in [4.78, 5) is 14.4. The third-order valence-corrected chi connectivity index (χ3v) is 4.12. The molecule has 0 saturated carbocycles. The van der Waals surface area contributed by atoms with E-state index < -0.39 is 0 Å². The molecule has 106 valence electrons. The van der Waals surface area contributed by atoms with Crippen LogP contribution in [0.1, 0.15) is 29.6 Å². The number of hydrogen-bond acceptors (Lipinski definition) is 2. The minimum atomic E-state index is 0. The van der Waals surface area contributed by atoms with Crippen LogP contribution in [-0.2, 0) is 0 Å². The van der Waals surface area contributed by atoms with E-state index >= 15 is 0 Å². The quantitative estimate of drug-likeness (QED) is 0.801. The standard InChI is InChI=1S/C14H19IN2O.ClH/c15-13-5-1-4-12(9-13)14(18)17-8-2-3-11(10-17)6-7-16;/h1,4-5,9,11H,2-3,6-8,10,16H2;1H. The van der Waals surface area contributed by atoms with E-state index in [1.807, 2.05) is 29.2 Å². The van der Waals surface area contributed by atoms with Gasteiger partial charge in [0.05, 0.1) is 0 Å². The molecule has 1 saturated heterocycles. The van der Waals surface area contributed by atoms with Gasteiger partial charge in [0.15, 0.2) is 0 Å². The van der Waals surface area contributed by atoms with E-state index in [1.54, 1.807) is 0 Å². The predicted molar refractivity (Wildman–Crippen MR) is 88.7 cm³/mol. The summed E-state index contributed by atoms with van der Waals surface area (Å²) in [7, 11) is 0. The minimum absolute atomic E-state index is 0. The highest BCUT2D eigenvalue weighted by molar-refractivity contribution is 14.1. The first-order valence-corrected chi connectivity index (χ1v) is 7.53. The maximum absolute atomic E-state index is 12.4. The maximum atomic E-state index is 12.4. The van der Waals surface area contributed by atoms with E-state index in [9.17, 15) is 4.79 Å². The van der Waals surface area contributed by atoms with E-state index in [4.69, 9.17) is 5.73 Å². The molecule has 0 radical (unpaired) electrons. The summed E-state index contributed by atoms with van der Waals surface area (Å²) in [5, 5.41) is 0. The van der Waals surface area contributed by atoms with Crippen LogP contribution in [0.15, 0.2) is 24.3 Å². The third-order valence-electron chi connectivity index (χ3n) is 3.45. The molecule has 1 heterocycles. The number of nitrogens with two attached hydrogens (primary N) is 1. The number of rotatable bonds is 3. The fourth-order valence-electron chi connectivity index (χ4n) is 2.52. The van der Waals surface area contributed by atoms with Gasteiger partial charge in [0, 0.05) is 22.2 Å². The molecular weight excluding hydrogens is 375 g/mol. The number of hydrogen-bond donors (Lipinski definition) is 1. The van der Waals surface area contributed by atoms with Gasteiger partial charge in [-0.3, -0.25) is 4.79 Å². The van der Waals surface area contributed by atoms with Gasteiger partial charge >= 0.3 is 0 Å². The van der Waals surface area contributed by atoms with Crippen molar-refractivity contribution in [2.45, 2.75) is 19.3 Å². The number of halogens is 2. The van der Waals surface area contributed by atoms with Gasteiger partial charge in [-0.2, -0.15) is 0 Å². The number of likely N-dealkylation sites (tertiary alicyclic amines) is 1. The predicted octanol–water partition coefficient (Wildman–Crippen LogP) is 2.91. The van der Waals surface area contributed by atoms with Crippen molar-refractivity contribution < 1.29 is 4.79 Å². The Hall–Kier alpha value is -0.330. The molecular formula is C14H20ClIN2O. The first-order chi connectivity index (χ1) is 8.70. The van der Waals surface area contributed by atoms with Crippen molar-refractivity contribution in [1.82, 2.24) is 4.90 Å². The summed E-state index contributed by atoms with van der Waals surface area (Å²) < 4.78 is 1.11. The first-order valence-electron chi connectivity index (χ1n) is 6.45. The monoisotopic (exact) mass is 394 g/mol. The fraction of sp³-hybridized carbons (Fsp3) is 0.500. The summed E-state index contributed by atoms with van der Waals surface area (Å²) in [5.74, 6) is 0.741. The van der Waals surface area contributed by atoms with Crippen LogP contribution in [0.25, 0.3) is 0 Å². The van der Waals surface area contributed by atoms with E-state index in [2.05, 4.69) is 22.6 Å². The van der Waals surface area contributed by atoms with Gasteiger partial charge in [0.1, 0.15) is 0 Å². The van der Waals surface area contributed by atoms with E-state index in [0.29, 0.717) is 5.92 Å². The second-order valence-electron chi connectivity index (χ2n) is 4.85. The smallest absolute Gasteiger partial charge is 0.253 e. The zero-order chi connectivity index (χ0) is 13.0. The average molecular weight is 395 g/mol. The average Bonchev–Trinajstić information content (AvgIpc) is 2.39. The van der Waals surface area contributed by atoms with Crippen molar-refractivity contribution in [1.29, 1.82) is 0 Å². The summed E-state index contributed by atoms with van der Waals surface area (Å²) in [6.45, 7) is 2.46. The van der Waals surface area contributed by atoms with Gasteiger partial charge in [-0.1, -0.05) is 6.07 Å². The molecule has 1 aromatic rings. The number of benzene rings is 1. The topological polar surface area (TPSA) is 46.3 Å². The Bertz CT molecular complexity index is 426. The molecule has 19 heavy (non-hydrogen) atoms. The highest BCUT2D eigenvalue weighted by atomic mass is 127. The van der Waals surface area contributed by atoms with Crippen LogP contribution in [0.3, 0.4) is 0 Å². The lowest BCUT2D eigenvalue weighted by Crippen LogP contribution is -2.40. The van der Waals surface area contributed by atoms with Crippen molar-refractivity contribution >= 4 is 40.9 Å². The molecule has 1 aromatic carbocycles. The molecule has 2 rings (SSSR count). The Kier molecular flexibility index (Phi) is 7.10. The lowest BCUT2D eigenvalue weighted by atomic mass is 9.94. The Morgan fingerprint density at radius 2 is 2.26 bits per heavy atom. The van der Waals surface area contributed by atoms with Gasteiger partial charge in [-0.15, -0.1) is 12.4 Å². The molecule has 0 spiro atoms. The largest absolute Gasteiger partial charge is 0.338 e. The Morgan fingerprint density at radius 3 is 2.95 bits per heavy atom. The second-order valence-corrected chi connectivity index (χ2v) is 6.09. The van der Waals surface area contributed by atoms with Crippen molar-refractivity contribution in [2.24, 2.45) is 11.7 Å². The summed E-state index contributed by atoms with van der Waals surface area (Å²) in [6, 6.07) is 7.80. The maximum Gasteiger partial charge on any atom is 0.253 e. The van der Waals surface area contributed by atoms with Crippen molar-refractivity contribution in [3.63, 3.8) is 0 Å². The molecule has 1 aliphatic heterocycles. The number of nitrogens with zero attached hydrogens (tertiary/aromatic N) is 1. The molecule has 1 fully saturated rings. The Morgan fingerprint density at radius 1 is 1.47 bits per heavy atom. The molecule has 3 nitrogen and oxygen atoms in total. The molecule has 2 N–H and O–H groups in total. The fourth-order valence-corrected chi connectivity index (χ4v) is 3.07. The van der Waals surface area contributed by atoms with Gasteiger partial charge in [0.2, 0.25) is 0 Å². The lowest BCUT2D eigenvalue weighted by molar-refractivity contribution is 0.0669. The molecule has 5 heteroatoms. The lowest BCUT2D eigenvalue weighted by Gasteiger charge is -2.32.